The van der Waals surface area contributed by atoms with Gasteiger partial charge in [0.05, 0.1) is 0 Å². The number of benzene rings is 1. The first-order valence-corrected chi connectivity index (χ1v) is 3.97. The lowest BCUT2D eigenvalue weighted by atomic mass is 9.84. The van der Waals surface area contributed by atoms with Crippen LogP contribution in [0.2, 0.25) is 0 Å². The van der Waals surface area contributed by atoms with Gasteiger partial charge in [-0.25, -0.2) is 0 Å². The predicted molar refractivity (Wildman–Crippen MR) is 47.7 cm³/mol. The molecule has 0 aliphatic carbocycles. The van der Waals surface area contributed by atoms with Gasteiger partial charge in [-0.1, -0.05) is 44.2 Å². The van der Waals surface area contributed by atoms with Crippen molar-refractivity contribution in [2.45, 2.75) is 25.6 Å². The zero-order chi connectivity index (χ0) is 9.19. The lowest BCUT2D eigenvalue weighted by Gasteiger charge is -2.26. The molecule has 0 atom stereocenters. The average molecular weight is 166 g/mol. The van der Waals surface area contributed by atoms with Crippen molar-refractivity contribution in [3.8, 4) is 0 Å². The molecule has 0 aromatic heterocycles. The van der Waals surface area contributed by atoms with E-state index in [1.807, 2.05) is 30.3 Å². The highest BCUT2D eigenvalue weighted by Crippen LogP contribution is 2.25. The molecule has 0 amide bonds. The van der Waals surface area contributed by atoms with Crippen molar-refractivity contribution < 1.29 is 10.2 Å². The summed E-state index contributed by atoms with van der Waals surface area (Å²) in [5, 5.41) is 18.2. The van der Waals surface area contributed by atoms with Crippen LogP contribution in [0.25, 0.3) is 0 Å². The summed E-state index contributed by atoms with van der Waals surface area (Å²) in [6.45, 7) is 3.60. The molecule has 2 N–H and O–H groups in total. The predicted octanol–water partition coefficient (Wildman–Crippen LogP) is 1.27. The van der Waals surface area contributed by atoms with Gasteiger partial charge in [0.1, 0.15) is 0 Å². The molecule has 0 radical (unpaired) electrons. The minimum absolute atomic E-state index is 0.596. The Kier molecular flexibility index (Phi) is 2.50. The van der Waals surface area contributed by atoms with Gasteiger partial charge >= 0.3 is 0 Å². The molecule has 2 heteroatoms. The fraction of sp³-hybridized carbons (Fsp3) is 0.400. The molecule has 0 saturated carbocycles. The maximum Gasteiger partial charge on any atom is 0.160 e. The molecule has 1 aromatic rings. The van der Waals surface area contributed by atoms with Crippen LogP contribution in [0.5, 0.6) is 0 Å². The van der Waals surface area contributed by atoms with Gasteiger partial charge in [0.25, 0.3) is 0 Å². The maximum atomic E-state index is 9.09. The molecule has 0 unspecified atom stereocenters. The third-order valence-corrected chi connectivity index (χ3v) is 2.16. The Morgan fingerprint density at radius 2 is 1.58 bits per heavy atom. The van der Waals surface area contributed by atoms with Crippen molar-refractivity contribution in [3.05, 3.63) is 35.9 Å². The van der Waals surface area contributed by atoms with E-state index in [4.69, 9.17) is 10.2 Å². The van der Waals surface area contributed by atoms with E-state index in [-0.39, 0.29) is 0 Å². The summed E-state index contributed by atoms with van der Waals surface area (Å²) in [4.78, 5) is 0. The van der Waals surface area contributed by atoms with Crippen molar-refractivity contribution in [1.82, 2.24) is 0 Å². The second-order valence-electron chi connectivity index (χ2n) is 3.46. The van der Waals surface area contributed by atoms with Gasteiger partial charge in [-0.3, -0.25) is 0 Å². The molecule has 0 saturated heterocycles. The molecule has 0 heterocycles. The van der Waals surface area contributed by atoms with Crippen LogP contribution in [-0.2, 0) is 5.41 Å². The third-order valence-electron chi connectivity index (χ3n) is 2.16. The van der Waals surface area contributed by atoms with Crippen LogP contribution < -0.4 is 0 Å². The Morgan fingerprint density at radius 1 is 1.08 bits per heavy atom. The van der Waals surface area contributed by atoms with E-state index in [1.165, 1.54) is 0 Å². The first-order valence-electron chi connectivity index (χ1n) is 3.97. The first kappa shape index (κ1) is 9.23. The Balaban J connectivity index is 2.98. The van der Waals surface area contributed by atoms with Crippen LogP contribution in [0.4, 0.5) is 0 Å². The van der Waals surface area contributed by atoms with E-state index < -0.39 is 11.7 Å². The van der Waals surface area contributed by atoms with Gasteiger partial charge in [0.15, 0.2) is 6.29 Å². The number of hydrogen-bond donors (Lipinski definition) is 2. The van der Waals surface area contributed by atoms with Gasteiger partial charge in [0, 0.05) is 5.41 Å². The summed E-state index contributed by atoms with van der Waals surface area (Å²) in [6, 6.07) is 9.46. The summed E-state index contributed by atoms with van der Waals surface area (Å²) >= 11 is 0. The summed E-state index contributed by atoms with van der Waals surface area (Å²) in [6.07, 6.45) is -1.32. The molecular formula is C10H14O2. The van der Waals surface area contributed by atoms with Crippen molar-refractivity contribution in [3.63, 3.8) is 0 Å². The van der Waals surface area contributed by atoms with Crippen molar-refractivity contribution in [1.29, 1.82) is 0 Å². The second-order valence-corrected chi connectivity index (χ2v) is 3.46. The van der Waals surface area contributed by atoms with E-state index in [9.17, 15) is 0 Å². The molecule has 1 rings (SSSR count). The Hall–Kier alpha value is -0.860. The van der Waals surface area contributed by atoms with Crippen LogP contribution in [0, 0.1) is 0 Å². The lowest BCUT2D eigenvalue weighted by molar-refractivity contribution is -0.0890. The molecule has 0 fully saturated rings. The SMILES string of the molecule is CC(C)(c1ccccc1)C(O)O. The minimum atomic E-state index is -1.32. The Bertz CT molecular complexity index is 239. The summed E-state index contributed by atoms with van der Waals surface area (Å²) in [5.74, 6) is 0. The normalized spacial score (nSPS) is 12.1. The monoisotopic (exact) mass is 166 g/mol. The largest absolute Gasteiger partial charge is 0.367 e. The van der Waals surface area contributed by atoms with Gasteiger partial charge in [-0.15, -0.1) is 0 Å². The smallest absolute Gasteiger partial charge is 0.160 e. The number of aliphatic hydroxyl groups excluding tert-OH is 1. The van der Waals surface area contributed by atoms with Crippen molar-refractivity contribution >= 4 is 0 Å². The Labute approximate surface area is 72.5 Å². The van der Waals surface area contributed by atoms with Gasteiger partial charge in [-0.05, 0) is 5.56 Å². The van der Waals surface area contributed by atoms with Crippen LogP contribution in [0.15, 0.2) is 30.3 Å². The first-order chi connectivity index (χ1) is 5.55. The van der Waals surface area contributed by atoms with Crippen LogP contribution in [0.3, 0.4) is 0 Å². The van der Waals surface area contributed by atoms with Crippen molar-refractivity contribution in [2.24, 2.45) is 0 Å². The number of aliphatic hydroxyl groups is 2. The molecule has 0 spiro atoms. The Morgan fingerprint density at radius 3 is 2.00 bits per heavy atom. The fourth-order valence-corrected chi connectivity index (χ4v) is 1.02. The molecule has 2 nitrogen and oxygen atoms in total. The number of rotatable bonds is 2. The van der Waals surface area contributed by atoms with E-state index in [1.54, 1.807) is 13.8 Å². The zero-order valence-electron chi connectivity index (χ0n) is 7.36. The summed E-state index contributed by atoms with van der Waals surface area (Å²) in [5.41, 5.74) is 0.335. The molecule has 66 valence electrons. The highest BCUT2D eigenvalue weighted by molar-refractivity contribution is 5.23. The highest BCUT2D eigenvalue weighted by atomic mass is 16.5. The topological polar surface area (TPSA) is 40.5 Å². The van der Waals surface area contributed by atoms with E-state index in [0.717, 1.165) is 5.56 Å². The molecule has 0 aliphatic rings. The zero-order valence-corrected chi connectivity index (χ0v) is 7.36. The summed E-state index contributed by atoms with van der Waals surface area (Å²) < 4.78 is 0. The van der Waals surface area contributed by atoms with Crippen LogP contribution in [-0.4, -0.2) is 16.5 Å². The minimum Gasteiger partial charge on any atom is -0.367 e. The van der Waals surface area contributed by atoms with Crippen LogP contribution >= 0.6 is 0 Å². The molecule has 0 aliphatic heterocycles. The summed E-state index contributed by atoms with van der Waals surface area (Å²) in [7, 11) is 0. The van der Waals surface area contributed by atoms with E-state index in [0.29, 0.717) is 0 Å². The van der Waals surface area contributed by atoms with Gasteiger partial charge < -0.3 is 10.2 Å². The van der Waals surface area contributed by atoms with Gasteiger partial charge in [0.2, 0.25) is 0 Å². The quantitative estimate of drug-likeness (QED) is 0.650. The van der Waals surface area contributed by atoms with E-state index >= 15 is 0 Å². The molecular weight excluding hydrogens is 152 g/mol. The third kappa shape index (κ3) is 1.65. The molecule has 1 aromatic carbocycles. The number of hydrogen-bond acceptors (Lipinski definition) is 2. The second kappa shape index (κ2) is 3.25. The standard InChI is InChI=1S/C10H14O2/c1-10(2,9(11)12)8-6-4-3-5-7-8/h3-7,9,11-12H,1-2H3. The fourth-order valence-electron chi connectivity index (χ4n) is 1.02. The maximum absolute atomic E-state index is 9.09. The molecule has 0 bridgehead atoms. The highest BCUT2D eigenvalue weighted by Gasteiger charge is 2.27. The van der Waals surface area contributed by atoms with Crippen molar-refractivity contribution in [2.75, 3.05) is 0 Å². The molecule has 12 heavy (non-hydrogen) atoms. The lowest BCUT2D eigenvalue weighted by Crippen LogP contribution is -2.33. The van der Waals surface area contributed by atoms with E-state index in [2.05, 4.69) is 0 Å². The average Bonchev–Trinajstić information content (AvgIpc) is 2.06. The van der Waals surface area contributed by atoms with Crippen LogP contribution in [0.1, 0.15) is 19.4 Å². The van der Waals surface area contributed by atoms with Gasteiger partial charge in [-0.2, -0.15) is 0 Å².